The number of carbonyl (C=O) groups excluding carboxylic acids is 1. The molecule has 2 aromatic carbocycles. The van der Waals surface area contributed by atoms with Gasteiger partial charge in [-0.2, -0.15) is 0 Å². The maximum absolute atomic E-state index is 13.0. The third kappa shape index (κ3) is 3.39. The van der Waals surface area contributed by atoms with Gasteiger partial charge in [0.05, 0.1) is 6.04 Å². The summed E-state index contributed by atoms with van der Waals surface area (Å²) in [5.74, 6) is -0.592. The number of aliphatic hydroxyl groups excluding tert-OH is 1. The molecule has 0 spiro atoms. The first-order chi connectivity index (χ1) is 13.5. The van der Waals surface area contributed by atoms with Gasteiger partial charge < -0.3 is 10.0 Å². The number of halogens is 1. The van der Waals surface area contributed by atoms with Crippen molar-refractivity contribution in [3.8, 4) is 0 Å². The highest BCUT2D eigenvalue weighted by atomic mass is 35.5. The van der Waals surface area contributed by atoms with Crippen molar-refractivity contribution < 1.29 is 9.90 Å². The molecular weight excluding hydrogens is 372 g/mol. The van der Waals surface area contributed by atoms with Crippen LogP contribution < -0.4 is 0 Å². The van der Waals surface area contributed by atoms with Crippen molar-refractivity contribution in [3.05, 3.63) is 106 Å². The van der Waals surface area contributed by atoms with Gasteiger partial charge in [0.15, 0.2) is 5.76 Å². The van der Waals surface area contributed by atoms with Crippen molar-refractivity contribution in [2.45, 2.75) is 19.5 Å². The fourth-order valence-corrected chi connectivity index (χ4v) is 3.65. The average Bonchev–Trinajstić information content (AvgIpc) is 2.95. The Balaban J connectivity index is 1.81. The average molecular weight is 391 g/mol. The Morgan fingerprint density at radius 2 is 1.64 bits per heavy atom. The van der Waals surface area contributed by atoms with Gasteiger partial charge >= 0.3 is 0 Å². The second-order valence-corrected chi connectivity index (χ2v) is 7.31. The molecule has 0 saturated heterocycles. The fourth-order valence-electron chi connectivity index (χ4n) is 3.52. The maximum atomic E-state index is 13.0. The Morgan fingerprint density at radius 1 is 1.00 bits per heavy atom. The summed E-state index contributed by atoms with van der Waals surface area (Å²) in [5, 5.41) is 11.4. The first-order valence-electron chi connectivity index (χ1n) is 9.00. The van der Waals surface area contributed by atoms with Crippen LogP contribution >= 0.6 is 11.6 Å². The number of aromatic nitrogens is 1. The Bertz CT molecular complexity index is 1030. The van der Waals surface area contributed by atoms with Gasteiger partial charge in [0.25, 0.3) is 5.91 Å². The third-order valence-corrected chi connectivity index (χ3v) is 5.21. The van der Waals surface area contributed by atoms with Gasteiger partial charge in [0.2, 0.25) is 0 Å². The Labute approximate surface area is 168 Å². The van der Waals surface area contributed by atoms with Gasteiger partial charge in [-0.3, -0.25) is 9.78 Å². The molecular formula is C23H19ClN2O2. The highest BCUT2D eigenvalue weighted by Gasteiger charge is 2.40. The number of aryl methyl sites for hydroxylation is 1. The number of carbonyl (C=O) groups is 1. The van der Waals surface area contributed by atoms with Crippen molar-refractivity contribution >= 4 is 23.1 Å². The molecule has 5 heteroatoms. The highest BCUT2D eigenvalue weighted by molar-refractivity contribution is 6.30. The van der Waals surface area contributed by atoms with E-state index in [0.717, 1.165) is 22.3 Å². The molecule has 3 aromatic rings. The first-order valence-corrected chi connectivity index (χ1v) is 9.38. The van der Waals surface area contributed by atoms with E-state index in [0.29, 0.717) is 17.1 Å². The minimum absolute atomic E-state index is 0.210. The Morgan fingerprint density at radius 3 is 2.29 bits per heavy atom. The summed E-state index contributed by atoms with van der Waals surface area (Å²) in [7, 11) is 0. The lowest BCUT2D eigenvalue weighted by molar-refractivity contribution is -0.130. The zero-order valence-corrected chi connectivity index (χ0v) is 16.1. The van der Waals surface area contributed by atoms with Gasteiger partial charge in [0, 0.05) is 29.5 Å². The lowest BCUT2D eigenvalue weighted by atomic mass is 9.93. The van der Waals surface area contributed by atoms with Crippen LogP contribution in [-0.4, -0.2) is 20.9 Å². The van der Waals surface area contributed by atoms with Crippen LogP contribution in [0.5, 0.6) is 0 Å². The number of benzene rings is 2. The van der Waals surface area contributed by atoms with Crippen LogP contribution in [0, 0.1) is 6.92 Å². The molecule has 140 valence electrons. The van der Waals surface area contributed by atoms with E-state index in [-0.39, 0.29) is 11.7 Å². The molecule has 28 heavy (non-hydrogen) atoms. The van der Waals surface area contributed by atoms with Gasteiger partial charge in [-0.15, -0.1) is 0 Å². The Hall–Kier alpha value is -3.11. The number of hydrogen-bond acceptors (Lipinski definition) is 3. The molecule has 1 atom stereocenters. The van der Waals surface area contributed by atoms with Crippen LogP contribution in [0.3, 0.4) is 0 Å². The van der Waals surface area contributed by atoms with Gasteiger partial charge in [-0.1, -0.05) is 53.6 Å². The number of pyridine rings is 1. The van der Waals surface area contributed by atoms with E-state index >= 15 is 0 Å². The summed E-state index contributed by atoms with van der Waals surface area (Å²) in [6.07, 6.45) is 3.39. The van der Waals surface area contributed by atoms with Gasteiger partial charge in [-0.25, -0.2) is 0 Å². The summed E-state index contributed by atoms with van der Waals surface area (Å²) >= 11 is 6.06. The van der Waals surface area contributed by atoms with Crippen molar-refractivity contribution in [2.75, 3.05) is 0 Å². The van der Waals surface area contributed by atoms with E-state index in [1.165, 1.54) is 0 Å². The lowest BCUT2D eigenvalue weighted by Crippen LogP contribution is -2.29. The number of rotatable bonds is 4. The number of hydrogen-bond donors (Lipinski definition) is 1. The lowest BCUT2D eigenvalue weighted by Gasteiger charge is -2.27. The molecule has 1 N–H and O–H groups in total. The van der Waals surface area contributed by atoms with E-state index in [1.54, 1.807) is 29.4 Å². The van der Waals surface area contributed by atoms with E-state index < -0.39 is 6.04 Å². The summed E-state index contributed by atoms with van der Waals surface area (Å²) in [6.45, 7) is 2.37. The molecule has 0 saturated carbocycles. The topological polar surface area (TPSA) is 53.4 Å². The number of amides is 1. The second-order valence-electron chi connectivity index (χ2n) is 6.87. The molecule has 2 heterocycles. The summed E-state index contributed by atoms with van der Waals surface area (Å²) in [6, 6.07) is 18.6. The van der Waals surface area contributed by atoms with Crippen LogP contribution in [0.15, 0.2) is 78.8 Å². The molecule has 1 amide bonds. The van der Waals surface area contributed by atoms with Crippen LogP contribution in [0.25, 0.3) is 5.57 Å². The number of nitrogens with zero attached hydrogens (tertiary/aromatic N) is 2. The summed E-state index contributed by atoms with van der Waals surface area (Å²) in [5.41, 5.74) is 4.39. The van der Waals surface area contributed by atoms with Gasteiger partial charge in [-0.05, 0) is 47.9 Å². The largest absolute Gasteiger partial charge is 0.503 e. The summed E-state index contributed by atoms with van der Waals surface area (Å²) < 4.78 is 0. The van der Waals surface area contributed by atoms with Crippen LogP contribution in [0.1, 0.15) is 28.3 Å². The third-order valence-electron chi connectivity index (χ3n) is 4.95. The van der Waals surface area contributed by atoms with E-state index in [2.05, 4.69) is 4.98 Å². The van der Waals surface area contributed by atoms with E-state index in [9.17, 15) is 9.90 Å². The quantitative estimate of drug-likeness (QED) is 0.674. The van der Waals surface area contributed by atoms with Crippen LogP contribution in [0.2, 0.25) is 5.02 Å². The SMILES string of the molecule is Cc1ccc(C2=C(O)C(=O)N(Cc3ccncc3)[C@H]2c2ccc(Cl)cc2)cc1. The molecule has 1 aromatic heterocycles. The zero-order chi connectivity index (χ0) is 19.7. The summed E-state index contributed by atoms with van der Waals surface area (Å²) in [4.78, 5) is 18.7. The first kappa shape index (κ1) is 18.3. The van der Waals surface area contributed by atoms with Crippen molar-refractivity contribution in [1.82, 2.24) is 9.88 Å². The van der Waals surface area contributed by atoms with Crippen molar-refractivity contribution in [2.24, 2.45) is 0 Å². The molecule has 0 unspecified atom stereocenters. The maximum Gasteiger partial charge on any atom is 0.290 e. The molecule has 0 radical (unpaired) electrons. The minimum atomic E-state index is -0.402. The molecule has 4 nitrogen and oxygen atoms in total. The fraction of sp³-hybridized carbons (Fsp3) is 0.130. The standard InChI is InChI=1S/C23H19ClN2O2/c1-15-2-4-17(5-3-15)20-21(18-6-8-19(24)9-7-18)26(23(28)22(20)27)14-16-10-12-25-13-11-16/h2-13,21,27H,14H2,1H3/t21-/m0/s1. The molecule has 0 bridgehead atoms. The van der Waals surface area contributed by atoms with Crippen molar-refractivity contribution in [1.29, 1.82) is 0 Å². The molecule has 1 aliphatic heterocycles. The Kier molecular flexibility index (Phi) is 4.88. The molecule has 0 aliphatic carbocycles. The predicted octanol–water partition coefficient (Wildman–Crippen LogP) is 5.10. The normalized spacial score (nSPS) is 16.7. The van der Waals surface area contributed by atoms with E-state index in [4.69, 9.17) is 11.6 Å². The van der Waals surface area contributed by atoms with Gasteiger partial charge in [0.1, 0.15) is 0 Å². The second kappa shape index (κ2) is 7.49. The minimum Gasteiger partial charge on any atom is -0.503 e. The zero-order valence-electron chi connectivity index (χ0n) is 15.3. The van der Waals surface area contributed by atoms with Crippen LogP contribution in [0.4, 0.5) is 0 Å². The number of aliphatic hydroxyl groups is 1. The molecule has 0 fully saturated rings. The van der Waals surface area contributed by atoms with E-state index in [1.807, 2.05) is 55.5 Å². The predicted molar refractivity (Wildman–Crippen MR) is 110 cm³/mol. The molecule has 1 aliphatic rings. The van der Waals surface area contributed by atoms with Crippen LogP contribution in [-0.2, 0) is 11.3 Å². The highest BCUT2D eigenvalue weighted by Crippen LogP contribution is 2.43. The monoisotopic (exact) mass is 390 g/mol. The smallest absolute Gasteiger partial charge is 0.290 e. The molecule has 4 rings (SSSR count). The van der Waals surface area contributed by atoms with Crippen molar-refractivity contribution in [3.63, 3.8) is 0 Å².